The van der Waals surface area contributed by atoms with Crippen molar-refractivity contribution in [2.24, 2.45) is 7.05 Å². The van der Waals surface area contributed by atoms with Gasteiger partial charge in [-0.25, -0.2) is 4.79 Å². The number of aromatic nitrogens is 2. The van der Waals surface area contributed by atoms with Crippen molar-refractivity contribution in [3.63, 3.8) is 0 Å². The highest BCUT2D eigenvalue weighted by Crippen LogP contribution is 2.26. The van der Waals surface area contributed by atoms with E-state index in [1.54, 1.807) is 25.2 Å². The zero-order valence-corrected chi connectivity index (χ0v) is 10.2. The maximum absolute atomic E-state index is 10.9. The molecule has 0 spiro atoms. The molecule has 0 bridgehead atoms. The summed E-state index contributed by atoms with van der Waals surface area (Å²) in [6.07, 6.45) is 0. The number of benzene rings is 1. The van der Waals surface area contributed by atoms with Crippen LogP contribution in [0.3, 0.4) is 0 Å². The van der Waals surface area contributed by atoms with E-state index in [-0.39, 0.29) is 5.69 Å². The molecule has 0 aliphatic heterocycles. The lowest BCUT2D eigenvalue weighted by atomic mass is 10.1. The fraction of sp³-hybridized carbons (Fsp3) is 0.167. The van der Waals surface area contributed by atoms with Gasteiger partial charge in [-0.2, -0.15) is 5.10 Å². The van der Waals surface area contributed by atoms with Crippen LogP contribution >= 0.6 is 11.6 Å². The topological polar surface area (TPSA) is 55.1 Å². The number of nitrogens with zero attached hydrogens (tertiary/aromatic N) is 2. The lowest BCUT2D eigenvalue weighted by Crippen LogP contribution is -2.04. The molecule has 0 saturated heterocycles. The van der Waals surface area contributed by atoms with Gasteiger partial charge >= 0.3 is 5.97 Å². The van der Waals surface area contributed by atoms with E-state index in [0.29, 0.717) is 10.7 Å². The van der Waals surface area contributed by atoms with Gasteiger partial charge in [-0.3, -0.25) is 4.68 Å². The smallest absolute Gasteiger partial charge is 0.354 e. The van der Waals surface area contributed by atoms with E-state index in [0.717, 1.165) is 11.1 Å². The van der Waals surface area contributed by atoms with Crippen molar-refractivity contribution in [1.29, 1.82) is 0 Å². The minimum absolute atomic E-state index is 0.152. The Labute approximate surface area is 103 Å². The van der Waals surface area contributed by atoms with E-state index in [1.165, 1.54) is 4.68 Å². The third-order valence-electron chi connectivity index (χ3n) is 2.57. The molecule has 0 aliphatic rings. The highest BCUT2D eigenvalue weighted by atomic mass is 35.5. The Morgan fingerprint density at radius 3 is 2.71 bits per heavy atom. The van der Waals surface area contributed by atoms with Gasteiger partial charge in [-0.1, -0.05) is 17.7 Å². The maximum Gasteiger partial charge on any atom is 0.354 e. The number of carbonyl (C=O) groups is 1. The molecule has 1 N–H and O–H groups in total. The standard InChI is InChI=1S/C12H11ClN2O2/c1-7-3-4-8(13)5-9(7)10-6-11(12(16)17)15(2)14-10/h3-6H,1-2H3,(H,16,17). The number of halogens is 1. The molecular formula is C12H11ClN2O2. The van der Waals surface area contributed by atoms with Crippen molar-refractivity contribution in [1.82, 2.24) is 9.78 Å². The van der Waals surface area contributed by atoms with E-state index in [4.69, 9.17) is 16.7 Å². The molecule has 0 radical (unpaired) electrons. The summed E-state index contributed by atoms with van der Waals surface area (Å²) in [7, 11) is 1.60. The number of rotatable bonds is 2. The van der Waals surface area contributed by atoms with Gasteiger partial charge in [0, 0.05) is 17.6 Å². The molecule has 17 heavy (non-hydrogen) atoms. The van der Waals surface area contributed by atoms with Gasteiger partial charge in [0.1, 0.15) is 5.69 Å². The molecule has 0 unspecified atom stereocenters. The first kappa shape index (κ1) is 11.7. The predicted molar refractivity (Wildman–Crippen MR) is 65.4 cm³/mol. The van der Waals surface area contributed by atoms with E-state index in [1.807, 2.05) is 13.0 Å². The molecule has 0 atom stereocenters. The van der Waals surface area contributed by atoms with Crippen molar-refractivity contribution in [3.05, 3.63) is 40.5 Å². The number of carboxylic acid groups (broad SMARTS) is 1. The van der Waals surface area contributed by atoms with E-state index < -0.39 is 5.97 Å². The van der Waals surface area contributed by atoms with Gasteiger partial charge in [-0.15, -0.1) is 0 Å². The summed E-state index contributed by atoms with van der Waals surface area (Å²) in [6.45, 7) is 1.93. The zero-order chi connectivity index (χ0) is 12.6. The summed E-state index contributed by atoms with van der Waals surface area (Å²) >= 11 is 5.92. The van der Waals surface area contributed by atoms with Crippen molar-refractivity contribution < 1.29 is 9.90 Å². The van der Waals surface area contributed by atoms with Gasteiger partial charge in [0.15, 0.2) is 0 Å². The average Bonchev–Trinajstić information content (AvgIpc) is 2.64. The van der Waals surface area contributed by atoms with Crippen molar-refractivity contribution >= 4 is 17.6 Å². The quantitative estimate of drug-likeness (QED) is 0.892. The van der Waals surface area contributed by atoms with Crippen molar-refractivity contribution in [2.75, 3.05) is 0 Å². The SMILES string of the molecule is Cc1ccc(Cl)cc1-c1cc(C(=O)O)n(C)n1. The largest absolute Gasteiger partial charge is 0.477 e. The summed E-state index contributed by atoms with van der Waals surface area (Å²) in [5.74, 6) is -0.995. The van der Waals surface area contributed by atoms with Crippen molar-refractivity contribution in [3.8, 4) is 11.3 Å². The Kier molecular flexibility index (Phi) is 2.90. The highest BCUT2D eigenvalue weighted by Gasteiger charge is 2.14. The molecule has 0 saturated carbocycles. The van der Waals surface area contributed by atoms with Crippen LogP contribution in [0.2, 0.25) is 5.02 Å². The van der Waals surface area contributed by atoms with Gasteiger partial charge in [-0.05, 0) is 30.7 Å². The van der Waals surface area contributed by atoms with Crippen LogP contribution < -0.4 is 0 Å². The average molecular weight is 251 g/mol. The molecule has 1 aromatic heterocycles. The molecule has 5 heteroatoms. The highest BCUT2D eigenvalue weighted by molar-refractivity contribution is 6.30. The maximum atomic E-state index is 10.9. The van der Waals surface area contributed by atoms with Crippen LogP contribution in [-0.4, -0.2) is 20.9 Å². The Morgan fingerprint density at radius 1 is 1.41 bits per heavy atom. The third kappa shape index (κ3) is 2.17. The van der Waals surface area contributed by atoms with Crippen LogP contribution in [0.4, 0.5) is 0 Å². The van der Waals surface area contributed by atoms with Crippen molar-refractivity contribution in [2.45, 2.75) is 6.92 Å². The number of hydrogen-bond donors (Lipinski definition) is 1. The Morgan fingerprint density at radius 2 is 2.12 bits per heavy atom. The van der Waals surface area contributed by atoms with E-state index in [2.05, 4.69) is 5.10 Å². The molecule has 0 amide bonds. The fourth-order valence-electron chi connectivity index (χ4n) is 1.67. The molecule has 0 fully saturated rings. The summed E-state index contributed by atoms with van der Waals surface area (Å²) in [5, 5.41) is 13.7. The molecule has 1 heterocycles. The zero-order valence-electron chi connectivity index (χ0n) is 9.44. The van der Waals surface area contributed by atoms with E-state index >= 15 is 0 Å². The molecule has 0 aliphatic carbocycles. The van der Waals surface area contributed by atoms with Gasteiger partial charge in [0.05, 0.1) is 5.69 Å². The second-order valence-electron chi connectivity index (χ2n) is 3.80. The summed E-state index contributed by atoms with van der Waals surface area (Å²) in [4.78, 5) is 10.9. The minimum atomic E-state index is -0.995. The molecule has 2 rings (SSSR count). The Hall–Kier alpha value is -1.81. The van der Waals surface area contributed by atoms with Crippen LogP contribution in [0.25, 0.3) is 11.3 Å². The predicted octanol–water partition coefficient (Wildman–Crippen LogP) is 2.75. The Balaban J connectivity index is 2.57. The molecule has 1 aromatic carbocycles. The number of hydrogen-bond acceptors (Lipinski definition) is 2. The molecule has 88 valence electrons. The number of carboxylic acids is 1. The first-order chi connectivity index (χ1) is 7.99. The van der Waals surface area contributed by atoms with Crippen LogP contribution in [0, 0.1) is 6.92 Å². The van der Waals surface area contributed by atoms with Crippen LogP contribution in [-0.2, 0) is 7.05 Å². The Bertz CT molecular complexity index is 590. The monoisotopic (exact) mass is 250 g/mol. The summed E-state index contributed by atoms with van der Waals surface area (Å²) in [6, 6.07) is 7.00. The van der Waals surface area contributed by atoms with Gasteiger partial charge in [0.25, 0.3) is 0 Å². The first-order valence-corrected chi connectivity index (χ1v) is 5.40. The number of aryl methyl sites for hydroxylation is 2. The van der Waals surface area contributed by atoms with Gasteiger partial charge in [0.2, 0.25) is 0 Å². The van der Waals surface area contributed by atoms with Crippen LogP contribution in [0.15, 0.2) is 24.3 Å². The van der Waals surface area contributed by atoms with E-state index in [9.17, 15) is 4.79 Å². The second kappa shape index (κ2) is 4.22. The number of aromatic carboxylic acids is 1. The summed E-state index contributed by atoms with van der Waals surface area (Å²) < 4.78 is 1.35. The normalized spacial score (nSPS) is 10.5. The first-order valence-electron chi connectivity index (χ1n) is 5.03. The lowest BCUT2D eigenvalue weighted by molar-refractivity contribution is 0.0685. The third-order valence-corrected chi connectivity index (χ3v) is 2.81. The minimum Gasteiger partial charge on any atom is -0.477 e. The van der Waals surface area contributed by atoms with Crippen LogP contribution in [0.1, 0.15) is 16.1 Å². The van der Waals surface area contributed by atoms with Crippen LogP contribution in [0.5, 0.6) is 0 Å². The lowest BCUT2D eigenvalue weighted by Gasteiger charge is -2.02. The molecule has 4 nitrogen and oxygen atoms in total. The second-order valence-corrected chi connectivity index (χ2v) is 4.24. The summed E-state index contributed by atoms with van der Waals surface area (Å²) in [5.41, 5.74) is 2.62. The fourth-order valence-corrected chi connectivity index (χ4v) is 1.84. The molecular weight excluding hydrogens is 240 g/mol. The molecule has 2 aromatic rings. The van der Waals surface area contributed by atoms with Gasteiger partial charge < -0.3 is 5.11 Å².